The summed E-state index contributed by atoms with van der Waals surface area (Å²) in [6.07, 6.45) is 4.93. The van der Waals surface area contributed by atoms with E-state index in [-0.39, 0.29) is 5.78 Å². The van der Waals surface area contributed by atoms with E-state index in [0.717, 1.165) is 36.7 Å². The summed E-state index contributed by atoms with van der Waals surface area (Å²) in [7, 11) is 0. The van der Waals surface area contributed by atoms with E-state index in [0.29, 0.717) is 12.8 Å². The molecule has 0 spiro atoms. The van der Waals surface area contributed by atoms with Gasteiger partial charge in [-0.05, 0) is 31.8 Å². The molecule has 0 aromatic heterocycles. The van der Waals surface area contributed by atoms with Gasteiger partial charge in [-0.1, -0.05) is 5.57 Å². The lowest BCUT2D eigenvalue weighted by Gasteiger charge is -2.14. The van der Waals surface area contributed by atoms with Gasteiger partial charge in [-0.15, -0.1) is 0 Å². The average Bonchev–Trinajstić information content (AvgIpc) is 2.05. The number of carbonyl (C=O) groups excluding carboxylic acids is 2. The third-order valence-corrected chi connectivity index (χ3v) is 2.32. The highest BCUT2D eigenvalue weighted by Gasteiger charge is 2.16. The van der Waals surface area contributed by atoms with E-state index in [1.807, 2.05) is 6.92 Å². The minimum absolute atomic E-state index is 0.251. The smallest absolute Gasteiger partial charge is 0.158 e. The highest BCUT2D eigenvalue weighted by molar-refractivity contribution is 5.97. The molecule has 0 unspecified atom stereocenters. The van der Waals surface area contributed by atoms with Gasteiger partial charge in [0.25, 0.3) is 0 Å². The Bertz CT molecular complexity index is 226. The van der Waals surface area contributed by atoms with E-state index < -0.39 is 0 Å². The van der Waals surface area contributed by atoms with Crippen molar-refractivity contribution >= 4 is 12.1 Å². The molecule has 2 nitrogen and oxygen atoms in total. The SMILES string of the molecule is C/C(CC=O)=C1/CCCCC1=O. The molecule has 0 amide bonds. The molecule has 12 heavy (non-hydrogen) atoms. The Labute approximate surface area is 72.7 Å². The highest BCUT2D eigenvalue weighted by Crippen LogP contribution is 2.23. The van der Waals surface area contributed by atoms with Crippen LogP contribution < -0.4 is 0 Å². The van der Waals surface area contributed by atoms with Crippen LogP contribution in [0.5, 0.6) is 0 Å². The van der Waals surface area contributed by atoms with Crippen molar-refractivity contribution in [2.75, 3.05) is 0 Å². The van der Waals surface area contributed by atoms with Crippen molar-refractivity contribution in [1.82, 2.24) is 0 Å². The molecule has 0 radical (unpaired) electrons. The zero-order chi connectivity index (χ0) is 8.97. The minimum atomic E-state index is 0.251. The molecule has 0 aromatic carbocycles. The van der Waals surface area contributed by atoms with Gasteiger partial charge in [0.1, 0.15) is 6.29 Å². The van der Waals surface area contributed by atoms with Crippen LogP contribution >= 0.6 is 0 Å². The van der Waals surface area contributed by atoms with Gasteiger partial charge in [0, 0.05) is 12.8 Å². The molecular formula is C10H14O2. The fourth-order valence-corrected chi connectivity index (χ4v) is 1.58. The molecule has 0 bridgehead atoms. The lowest BCUT2D eigenvalue weighted by Crippen LogP contribution is -2.10. The summed E-state index contributed by atoms with van der Waals surface area (Å²) in [5.41, 5.74) is 1.88. The van der Waals surface area contributed by atoms with E-state index >= 15 is 0 Å². The number of carbonyl (C=O) groups is 2. The van der Waals surface area contributed by atoms with Crippen LogP contribution in [0.3, 0.4) is 0 Å². The minimum Gasteiger partial charge on any atom is -0.303 e. The number of hydrogen-bond acceptors (Lipinski definition) is 2. The van der Waals surface area contributed by atoms with Gasteiger partial charge in [-0.2, -0.15) is 0 Å². The molecule has 0 saturated heterocycles. The first-order valence-electron chi connectivity index (χ1n) is 4.41. The molecule has 0 aromatic rings. The number of hydrogen-bond donors (Lipinski definition) is 0. The van der Waals surface area contributed by atoms with Gasteiger partial charge < -0.3 is 4.79 Å². The molecule has 2 heteroatoms. The standard InChI is InChI=1S/C10H14O2/c1-8(6-7-11)9-4-2-3-5-10(9)12/h7H,2-6H2,1H3/b9-8+. The Morgan fingerprint density at radius 3 is 2.67 bits per heavy atom. The van der Waals surface area contributed by atoms with Crippen molar-refractivity contribution in [3.63, 3.8) is 0 Å². The number of ketones is 1. The molecule has 0 atom stereocenters. The summed E-state index contributed by atoms with van der Waals surface area (Å²) in [5.74, 6) is 0.251. The lowest BCUT2D eigenvalue weighted by molar-refractivity contribution is -0.116. The molecule has 66 valence electrons. The molecule has 1 saturated carbocycles. The first-order valence-corrected chi connectivity index (χ1v) is 4.41. The Morgan fingerprint density at radius 1 is 1.42 bits per heavy atom. The summed E-state index contributed by atoms with van der Waals surface area (Å²) in [6, 6.07) is 0. The molecule has 0 N–H and O–H groups in total. The Balaban J connectivity index is 2.74. The largest absolute Gasteiger partial charge is 0.303 e. The predicted molar refractivity (Wildman–Crippen MR) is 46.9 cm³/mol. The molecule has 0 heterocycles. The van der Waals surface area contributed by atoms with E-state index in [4.69, 9.17) is 0 Å². The van der Waals surface area contributed by atoms with Crippen molar-refractivity contribution in [1.29, 1.82) is 0 Å². The molecule has 1 aliphatic carbocycles. The summed E-state index contributed by atoms with van der Waals surface area (Å²) in [5, 5.41) is 0. The summed E-state index contributed by atoms with van der Waals surface area (Å²) in [6.45, 7) is 1.88. The second-order valence-corrected chi connectivity index (χ2v) is 3.26. The fraction of sp³-hybridized carbons (Fsp3) is 0.600. The van der Waals surface area contributed by atoms with E-state index in [1.54, 1.807) is 0 Å². The van der Waals surface area contributed by atoms with E-state index in [1.165, 1.54) is 0 Å². The molecule has 1 rings (SSSR count). The van der Waals surface area contributed by atoms with Crippen molar-refractivity contribution < 1.29 is 9.59 Å². The quantitative estimate of drug-likeness (QED) is 0.464. The van der Waals surface area contributed by atoms with Crippen LogP contribution in [0.2, 0.25) is 0 Å². The number of allylic oxidation sites excluding steroid dienone is 2. The van der Waals surface area contributed by atoms with Gasteiger partial charge in [-0.3, -0.25) is 4.79 Å². The summed E-state index contributed by atoms with van der Waals surface area (Å²) >= 11 is 0. The number of rotatable bonds is 2. The van der Waals surface area contributed by atoms with Gasteiger partial charge in [0.2, 0.25) is 0 Å². The Hall–Kier alpha value is -0.920. The molecular weight excluding hydrogens is 152 g/mol. The van der Waals surface area contributed by atoms with Gasteiger partial charge >= 0.3 is 0 Å². The van der Waals surface area contributed by atoms with Crippen molar-refractivity contribution in [2.45, 2.75) is 39.0 Å². The van der Waals surface area contributed by atoms with Gasteiger partial charge in [0.15, 0.2) is 5.78 Å². The van der Waals surface area contributed by atoms with Gasteiger partial charge in [0.05, 0.1) is 0 Å². The number of Topliss-reactive ketones (excluding diaryl/α,β-unsaturated/α-hetero) is 1. The zero-order valence-electron chi connectivity index (χ0n) is 7.43. The van der Waals surface area contributed by atoms with Crippen LogP contribution in [0.25, 0.3) is 0 Å². The van der Waals surface area contributed by atoms with Crippen molar-refractivity contribution in [3.8, 4) is 0 Å². The highest BCUT2D eigenvalue weighted by atomic mass is 16.1. The second-order valence-electron chi connectivity index (χ2n) is 3.26. The van der Waals surface area contributed by atoms with Crippen LogP contribution in [-0.2, 0) is 9.59 Å². The van der Waals surface area contributed by atoms with E-state index in [9.17, 15) is 9.59 Å². The van der Waals surface area contributed by atoms with Crippen LogP contribution in [0, 0.1) is 0 Å². The molecule has 0 aliphatic heterocycles. The topological polar surface area (TPSA) is 34.1 Å². The maximum Gasteiger partial charge on any atom is 0.158 e. The normalized spacial score (nSPS) is 22.2. The zero-order valence-corrected chi connectivity index (χ0v) is 7.43. The van der Waals surface area contributed by atoms with Crippen LogP contribution in [-0.4, -0.2) is 12.1 Å². The first-order chi connectivity index (χ1) is 5.75. The van der Waals surface area contributed by atoms with Crippen molar-refractivity contribution in [3.05, 3.63) is 11.1 Å². The Kier molecular flexibility index (Phi) is 3.20. The van der Waals surface area contributed by atoms with Crippen LogP contribution in [0.15, 0.2) is 11.1 Å². The van der Waals surface area contributed by atoms with Crippen molar-refractivity contribution in [2.24, 2.45) is 0 Å². The number of aldehydes is 1. The average molecular weight is 166 g/mol. The Morgan fingerprint density at radius 2 is 2.08 bits per heavy atom. The second kappa shape index (κ2) is 4.19. The molecule has 1 fully saturated rings. The first kappa shape index (κ1) is 9.17. The lowest BCUT2D eigenvalue weighted by atomic mass is 9.89. The van der Waals surface area contributed by atoms with E-state index in [2.05, 4.69) is 0 Å². The van der Waals surface area contributed by atoms with Crippen LogP contribution in [0.1, 0.15) is 39.0 Å². The maximum absolute atomic E-state index is 11.3. The monoisotopic (exact) mass is 166 g/mol. The summed E-state index contributed by atoms with van der Waals surface area (Å²) in [4.78, 5) is 21.6. The molecule has 1 aliphatic rings. The van der Waals surface area contributed by atoms with Crippen LogP contribution in [0.4, 0.5) is 0 Å². The summed E-state index contributed by atoms with van der Waals surface area (Å²) < 4.78 is 0. The fourth-order valence-electron chi connectivity index (χ4n) is 1.58. The maximum atomic E-state index is 11.3. The van der Waals surface area contributed by atoms with Gasteiger partial charge in [-0.25, -0.2) is 0 Å². The third kappa shape index (κ3) is 2.03. The third-order valence-electron chi connectivity index (χ3n) is 2.32. The predicted octanol–water partition coefficient (Wildman–Crippen LogP) is 2.04.